The minimum atomic E-state index is -0.820. The molecule has 2 heterocycles. The Kier molecular flexibility index (Phi) is 4.23. The van der Waals surface area contributed by atoms with Crippen LogP contribution in [0.5, 0.6) is 5.75 Å². The molecule has 1 aromatic carbocycles. The zero-order valence-corrected chi connectivity index (χ0v) is 13.0. The molecule has 3 rings (SSSR count). The number of carboxylic acid groups (broad SMARTS) is 1. The molecule has 1 atom stereocenters. The summed E-state index contributed by atoms with van der Waals surface area (Å²) >= 11 is 0. The highest BCUT2D eigenvalue weighted by Gasteiger charge is 2.28. The lowest BCUT2D eigenvalue weighted by molar-refractivity contribution is -0.145. The van der Waals surface area contributed by atoms with Crippen molar-refractivity contribution >= 4 is 22.8 Å². The van der Waals surface area contributed by atoms with E-state index in [0.717, 1.165) is 28.6 Å². The summed E-state index contributed by atoms with van der Waals surface area (Å²) in [7, 11) is 1.61. The van der Waals surface area contributed by atoms with Crippen molar-refractivity contribution in [2.75, 3.05) is 20.2 Å². The van der Waals surface area contributed by atoms with E-state index in [0.29, 0.717) is 19.5 Å². The van der Waals surface area contributed by atoms with Gasteiger partial charge in [0.2, 0.25) is 5.91 Å². The zero-order chi connectivity index (χ0) is 16.4. The maximum atomic E-state index is 12.5. The molecule has 1 aliphatic rings. The number of aromatic nitrogens is 1. The van der Waals surface area contributed by atoms with E-state index >= 15 is 0 Å². The molecule has 1 fully saturated rings. The number of rotatable bonds is 4. The second kappa shape index (κ2) is 6.32. The van der Waals surface area contributed by atoms with Crippen LogP contribution in [-0.4, -0.2) is 47.1 Å². The molecule has 1 amide bonds. The summed E-state index contributed by atoms with van der Waals surface area (Å²) in [5.41, 5.74) is 1.86. The first-order chi connectivity index (χ1) is 11.1. The quantitative estimate of drug-likeness (QED) is 0.904. The fourth-order valence-corrected chi connectivity index (χ4v) is 3.11. The molecule has 0 bridgehead atoms. The van der Waals surface area contributed by atoms with E-state index in [1.165, 1.54) is 0 Å². The number of aromatic amines is 1. The molecule has 1 aliphatic heterocycles. The van der Waals surface area contributed by atoms with E-state index in [1.54, 1.807) is 12.0 Å². The zero-order valence-electron chi connectivity index (χ0n) is 13.0. The second-order valence-corrected chi connectivity index (χ2v) is 5.92. The minimum absolute atomic E-state index is 0.0281. The largest absolute Gasteiger partial charge is 0.497 e. The standard InChI is InChI=1S/C17H20N2O4/c1-23-13-4-5-15-14(8-13)12(9-18-15)7-16(20)19-6-2-3-11(10-19)17(21)22/h4-5,8-9,11,18H,2-3,6-7,10H2,1H3,(H,21,22). The van der Waals surface area contributed by atoms with Crippen molar-refractivity contribution in [3.63, 3.8) is 0 Å². The monoisotopic (exact) mass is 316 g/mol. The van der Waals surface area contributed by atoms with Gasteiger partial charge in [0, 0.05) is 30.2 Å². The third-order valence-corrected chi connectivity index (χ3v) is 4.44. The molecule has 2 N–H and O–H groups in total. The Morgan fingerprint density at radius 2 is 2.26 bits per heavy atom. The van der Waals surface area contributed by atoms with Crippen molar-refractivity contribution in [2.45, 2.75) is 19.3 Å². The van der Waals surface area contributed by atoms with Crippen LogP contribution in [0.4, 0.5) is 0 Å². The highest BCUT2D eigenvalue weighted by atomic mass is 16.5. The molecule has 0 aliphatic carbocycles. The summed E-state index contributed by atoms with van der Waals surface area (Å²) in [5, 5.41) is 10.1. The summed E-state index contributed by atoms with van der Waals surface area (Å²) < 4.78 is 5.23. The van der Waals surface area contributed by atoms with E-state index in [9.17, 15) is 9.59 Å². The Bertz CT molecular complexity index is 737. The van der Waals surface area contributed by atoms with Gasteiger partial charge in [-0.3, -0.25) is 9.59 Å². The number of nitrogens with zero attached hydrogens (tertiary/aromatic N) is 1. The number of ether oxygens (including phenoxy) is 1. The van der Waals surface area contributed by atoms with Crippen molar-refractivity contribution < 1.29 is 19.4 Å². The number of likely N-dealkylation sites (tertiary alicyclic amines) is 1. The van der Waals surface area contributed by atoms with Crippen molar-refractivity contribution in [3.8, 4) is 5.75 Å². The normalized spacial score (nSPS) is 18.1. The topological polar surface area (TPSA) is 82.6 Å². The van der Waals surface area contributed by atoms with Crippen LogP contribution in [0, 0.1) is 5.92 Å². The van der Waals surface area contributed by atoms with Crippen LogP contribution in [0.25, 0.3) is 10.9 Å². The Labute approximate surface area is 134 Å². The molecular weight excluding hydrogens is 296 g/mol. The molecule has 1 unspecified atom stereocenters. The fourth-order valence-electron chi connectivity index (χ4n) is 3.11. The third kappa shape index (κ3) is 3.16. The predicted molar refractivity (Wildman–Crippen MR) is 85.5 cm³/mol. The highest BCUT2D eigenvalue weighted by molar-refractivity contribution is 5.90. The Balaban J connectivity index is 1.76. The number of amides is 1. The molecule has 6 nitrogen and oxygen atoms in total. The first kappa shape index (κ1) is 15.4. The lowest BCUT2D eigenvalue weighted by atomic mass is 9.97. The van der Waals surface area contributed by atoms with E-state index < -0.39 is 11.9 Å². The molecule has 0 radical (unpaired) electrons. The average molecular weight is 316 g/mol. The van der Waals surface area contributed by atoms with Crippen molar-refractivity contribution in [1.29, 1.82) is 0 Å². The Morgan fingerprint density at radius 1 is 1.43 bits per heavy atom. The van der Waals surface area contributed by atoms with Crippen LogP contribution < -0.4 is 4.74 Å². The number of piperidine rings is 1. The number of carbonyl (C=O) groups is 2. The van der Waals surface area contributed by atoms with Gasteiger partial charge in [0.05, 0.1) is 19.4 Å². The van der Waals surface area contributed by atoms with Crippen LogP contribution in [0.3, 0.4) is 0 Å². The number of nitrogens with one attached hydrogen (secondary N) is 1. The van der Waals surface area contributed by atoms with Crippen LogP contribution in [0.15, 0.2) is 24.4 Å². The SMILES string of the molecule is COc1ccc2[nH]cc(CC(=O)N3CCCC(C(=O)O)C3)c2c1. The maximum Gasteiger partial charge on any atom is 0.308 e. The van der Waals surface area contributed by atoms with Gasteiger partial charge in [0.1, 0.15) is 5.75 Å². The summed E-state index contributed by atoms with van der Waals surface area (Å²) in [6, 6.07) is 5.70. The Morgan fingerprint density at radius 3 is 3.00 bits per heavy atom. The fraction of sp³-hybridized carbons (Fsp3) is 0.412. The maximum absolute atomic E-state index is 12.5. The number of carbonyl (C=O) groups excluding carboxylic acids is 1. The van der Waals surface area contributed by atoms with Gasteiger partial charge < -0.3 is 19.7 Å². The summed E-state index contributed by atoms with van der Waals surface area (Å²) in [5.74, 6) is -0.551. The highest BCUT2D eigenvalue weighted by Crippen LogP contribution is 2.25. The minimum Gasteiger partial charge on any atom is -0.497 e. The number of hydrogen-bond donors (Lipinski definition) is 2. The van der Waals surface area contributed by atoms with Gasteiger partial charge in [0.15, 0.2) is 0 Å². The summed E-state index contributed by atoms with van der Waals surface area (Å²) in [6.07, 6.45) is 3.48. The molecule has 0 spiro atoms. The molecule has 2 aromatic rings. The first-order valence-electron chi connectivity index (χ1n) is 7.73. The lowest BCUT2D eigenvalue weighted by Gasteiger charge is -2.30. The summed E-state index contributed by atoms with van der Waals surface area (Å²) in [4.78, 5) is 28.5. The average Bonchev–Trinajstić information content (AvgIpc) is 2.97. The number of hydrogen-bond acceptors (Lipinski definition) is 3. The molecule has 23 heavy (non-hydrogen) atoms. The van der Waals surface area contributed by atoms with Crippen LogP contribution in [0.2, 0.25) is 0 Å². The van der Waals surface area contributed by atoms with Gasteiger partial charge in [-0.1, -0.05) is 0 Å². The molecule has 1 aromatic heterocycles. The van der Waals surface area contributed by atoms with Crippen LogP contribution in [-0.2, 0) is 16.0 Å². The molecule has 1 saturated heterocycles. The van der Waals surface area contributed by atoms with E-state index in [-0.39, 0.29) is 12.3 Å². The molecular formula is C17H20N2O4. The molecule has 6 heteroatoms. The van der Waals surface area contributed by atoms with Crippen molar-refractivity contribution in [3.05, 3.63) is 30.0 Å². The predicted octanol–water partition coefficient (Wildman–Crippen LogP) is 2.04. The van der Waals surface area contributed by atoms with Crippen molar-refractivity contribution in [1.82, 2.24) is 9.88 Å². The number of fused-ring (bicyclic) bond motifs is 1. The van der Waals surface area contributed by atoms with Gasteiger partial charge in [-0.25, -0.2) is 0 Å². The molecule has 0 saturated carbocycles. The van der Waals surface area contributed by atoms with E-state index in [4.69, 9.17) is 9.84 Å². The van der Waals surface area contributed by atoms with Crippen molar-refractivity contribution in [2.24, 2.45) is 5.92 Å². The first-order valence-corrected chi connectivity index (χ1v) is 7.73. The number of carboxylic acids is 1. The van der Waals surface area contributed by atoms with Gasteiger partial charge in [-0.05, 0) is 36.6 Å². The number of H-pyrrole nitrogens is 1. The number of aliphatic carboxylic acids is 1. The van der Waals surface area contributed by atoms with Crippen LogP contribution >= 0.6 is 0 Å². The van der Waals surface area contributed by atoms with Gasteiger partial charge in [0.25, 0.3) is 0 Å². The number of benzene rings is 1. The van der Waals surface area contributed by atoms with Gasteiger partial charge in [-0.15, -0.1) is 0 Å². The lowest BCUT2D eigenvalue weighted by Crippen LogP contribution is -2.42. The summed E-state index contributed by atoms with van der Waals surface area (Å²) in [6.45, 7) is 0.939. The number of methoxy groups -OCH3 is 1. The third-order valence-electron chi connectivity index (χ3n) is 4.44. The Hall–Kier alpha value is -2.50. The van der Waals surface area contributed by atoms with Crippen LogP contribution in [0.1, 0.15) is 18.4 Å². The smallest absolute Gasteiger partial charge is 0.308 e. The second-order valence-electron chi connectivity index (χ2n) is 5.92. The van der Waals surface area contributed by atoms with E-state index in [2.05, 4.69) is 4.98 Å². The van der Waals surface area contributed by atoms with Gasteiger partial charge >= 0.3 is 5.97 Å². The van der Waals surface area contributed by atoms with Gasteiger partial charge in [-0.2, -0.15) is 0 Å². The van der Waals surface area contributed by atoms with E-state index in [1.807, 2.05) is 24.4 Å². The molecule has 122 valence electrons.